The van der Waals surface area contributed by atoms with Crippen molar-refractivity contribution in [3.05, 3.63) is 83.4 Å². The molecule has 1 heterocycles. The van der Waals surface area contributed by atoms with Gasteiger partial charge in [-0.05, 0) is 47.5 Å². The van der Waals surface area contributed by atoms with Crippen molar-refractivity contribution in [2.45, 2.75) is 6.10 Å². The van der Waals surface area contributed by atoms with Crippen LogP contribution in [0, 0.1) is 0 Å². The number of rotatable bonds is 7. The monoisotopic (exact) mass is 448 g/mol. The number of hydrogen-bond acceptors (Lipinski definition) is 8. The topological polar surface area (TPSA) is 116 Å². The lowest BCUT2D eigenvalue weighted by Gasteiger charge is -2.10. The van der Waals surface area contributed by atoms with Crippen molar-refractivity contribution >= 4 is 18.1 Å². The summed E-state index contributed by atoms with van der Waals surface area (Å²) < 4.78 is 21.3. The second kappa shape index (κ2) is 9.84. The number of esters is 1. The molecule has 9 nitrogen and oxygen atoms in total. The van der Waals surface area contributed by atoms with Crippen LogP contribution in [0.1, 0.15) is 27.6 Å². The van der Waals surface area contributed by atoms with Crippen LogP contribution in [0.2, 0.25) is 0 Å². The summed E-state index contributed by atoms with van der Waals surface area (Å²) in [6.45, 7) is 0.107. The van der Waals surface area contributed by atoms with Crippen LogP contribution in [0.25, 0.3) is 0 Å². The predicted octanol–water partition coefficient (Wildman–Crippen LogP) is 2.83. The Kier molecular flexibility index (Phi) is 6.51. The van der Waals surface area contributed by atoms with Gasteiger partial charge in [0.15, 0.2) is 29.1 Å². The highest BCUT2D eigenvalue weighted by molar-refractivity contribution is 5.92. The van der Waals surface area contributed by atoms with Crippen LogP contribution in [0.3, 0.4) is 0 Å². The predicted molar refractivity (Wildman–Crippen MR) is 118 cm³/mol. The second-order valence-electron chi connectivity index (χ2n) is 6.92. The van der Waals surface area contributed by atoms with Gasteiger partial charge in [0, 0.05) is 0 Å². The van der Waals surface area contributed by atoms with Crippen LogP contribution in [0.5, 0.6) is 23.0 Å². The maximum absolute atomic E-state index is 12.5. The van der Waals surface area contributed by atoms with E-state index in [0.717, 1.165) is 0 Å². The fourth-order valence-corrected chi connectivity index (χ4v) is 3.05. The number of hydrogen-bond donors (Lipinski definition) is 2. The quantitative estimate of drug-likeness (QED) is 0.247. The molecular formula is C24H20N2O7. The number of carbonyl (C=O) groups excluding carboxylic acids is 2. The van der Waals surface area contributed by atoms with Gasteiger partial charge < -0.3 is 24.1 Å². The average molecular weight is 448 g/mol. The minimum absolute atomic E-state index is 0.107. The first-order valence-corrected chi connectivity index (χ1v) is 9.91. The van der Waals surface area contributed by atoms with Gasteiger partial charge >= 0.3 is 5.97 Å². The number of carbonyl (C=O) groups is 2. The van der Waals surface area contributed by atoms with Crippen LogP contribution in [-0.2, 0) is 4.79 Å². The lowest BCUT2D eigenvalue weighted by molar-refractivity contribution is -0.129. The molecule has 4 rings (SSSR count). The summed E-state index contributed by atoms with van der Waals surface area (Å²) in [7, 11) is 1.44. The van der Waals surface area contributed by atoms with Gasteiger partial charge in [-0.15, -0.1) is 0 Å². The Labute approximate surface area is 189 Å². The Morgan fingerprint density at radius 3 is 2.61 bits per heavy atom. The first kappa shape index (κ1) is 21.8. The molecule has 9 heteroatoms. The Hall–Kier alpha value is -4.37. The summed E-state index contributed by atoms with van der Waals surface area (Å²) in [5.74, 6) is 0.289. The van der Waals surface area contributed by atoms with E-state index in [1.807, 2.05) is 0 Å². The molecule has 33 heavy (non-hydrogen) atoms. The smallest absolute Gasteiger partial charge is 0.343 e. The minimum Gasteiger partial charge on any atom is -0.493 e. The molecule has 1 unspecified atom stereocenters. The number of aliphatic hydroxyl groups is 1. The van der Waals surface area contributed by atoms with Crippen LogP contribution >= 0.6 is 0 Å². The lowest BCUT2D eigenvalue weighted by atomic mass is 10.1. The van der Waals surface area contributed by atoms with Crippen molar-refractivity contribution in [1.29, 1.82) is 0 Å². The maximum atomic E-state index is 12.5. The first-order valence-electron chi connectivity index (χ1n) is 9.91. The number of methoxy groups -OCH3 is 1. The average Bonchev–Trinajstić information content (AvgIpc) is 3.32. The van der Waals surface area contributed by atoms with Crippen molar-refractivity contribution in [3.8, 4) is 23.0 Å². The number of hydrazone groups is 1. The molecule has 0 saturated carbocycles. The summed E-state index contributed by atoms with van der Waals surface area (Å²) in [5.41, 5.74) is 3.62. The largest absolute Gasteiger partial charge is 0.493 e. The third kappa shape index (κ3) is 5.10. The molecule has 1 aliphatic rings. The van der Waals surface area contributed by atoms with Crippen LogP contribution < -0.4 is 24.4 Å². The number of aliphatic hydroxyl groups excluding tert-OH is 1. The standard InChI is InChI=1S/C24H20N2O7/c1-30-20-11-15(13-25-26-23(28)22(27)16-5-3-2-4-6-16)7-9-19(20)33-24(29)17-8-10-18-21(12-17)32-14-31-18/h2-13,22,27H,14H2,1H3,(H,26,28)/b25-13+. The molecule has 0 aromatic heterocycles. The molecule has 0 aliphatic carbocycles. The maximum Gasteiger partial charge on any atom is 0.343 e. The highest BCUT2D eigenvalue weighted by Crippen LogP contribution is 2.33. The van der Waals surface area contributed by atoms with Crippen LogP contribution in [0.4, 0.5) is 0 Å². The molecule has 0 fully saturated rings. The normalized spacial score (nSPS) is 12.9. The van der Waals surface area contributed by atoms with Crippen molar-refractivity contribution in [2.24, 2.45) is 5.10 Å². The van der Waals surface area contributed by atoms with Crippen molar-refractivity contribution in [1.82, 2.24) is 5.43 Å². The first-order chi connectivity index (χ1) is 16.0. The summed E-state index contributed by atoms with van der Waals surface area (Å²) >= 11 is 0. The molecule has 1 amide bonds. The second-order valence-corrected chi connectivity index (χ2v) is 6.92. The molecule has 1 atom stereocenters. The molecule has 2 N–H and O–H groups in total. The van der Waals surface area contributed by atoms with E-state index in [2.05, 4.69) is 10.5 Å². The summed E-state index contributed by atoms with van der Waals surface area (Å²) in [6.07, 6.45) is 0.0394. The van der Waals surface area contributed by atoms with Crippen molar-refractivity contribution in [3.63, 3.8) is 0 Å². The Bertz CT molecular complexity index is 1190. The van der Waals surface area contributed by atoms with Gasteiger partial charge in [0.1, 0.15) is 0 Å². The summed E-state index contributed by atoms with van der Waals surface area (Å²) in [5, 5.41) is 13.9. The highest BCUT2D eigenvalue weighted by Gasteiger charge is 2.19. The molecule has 0 bridgehead atoms. The van der Waals surface area contributed by atoms with E-state index < -0.39 is 18.0 Å². The zero-order chi connectivity index (χ0) is 23.2. The number of amides is 1. The highest BCUT2D eigenvalue weighted by atomic mass is 16.7. The molecule has 0 radical (unpaired) electrons. The SMILES string of the molecule is COc1cc(/C=N/NC(=O)C(O)c2ccccc2)ccc1OC(=O)c1ccc2c(c1)OCO2. The number of fused-ring (bicyclic) bond motifs is 1. The molecule has 0 saturated heterocycles. The minimum atomic E-state index is -1.34. The molecule has 1 aliphatic heterocycles. The van der Waals surface area contributed by atoms with E-state index >= 15 is 0 Å². The molecular weight excluding hydrogens is 428 g/mol. The fraction of sp³-hybridized carbons (Fsp3) is 0.125. The number of nitrogens with one attached hydrogen (secondary N) is 1. The van der Waals surface area contributed by atoms with Gasteiger partial charge in [-0.2, -0.15) is 5.10 Å². The van der Waals surface area contributed by atoms with Crippen LogP contribution in [-0.4, -0.2) is 37.1 Å². The zero-order valence-corrected chi connectivity index (χ0v) is 17.6. The zero-order valence-electron chi connectivity index (χ0n) is 17.6. The molecule has 3 aromatic carbocycles. The molecule has 168 valence electrons. The Morgan fingerprint density at radius 1 is 1.03 bits per heavy atom. The van der Waals surface area contributed by atoms with Crippen molar-refractivity contribution in [2.75, 3.05) is 13.9 Å². The van der Waals surface area contributed by atoms with E-state index in [1.165, 1.54) is 13.3 Å². The molecule has 0 spiro atoms. The summed E-state index contributed by atoms with van der Waals surface area (Å²) in [6, 6.07) is 18.1. The third-order valence-electron chi connectivity index (χ3n) is 4.75. The van der Waals surface area contributed by atoms with E-state index in [1.54, 1.807) is 66.7 Å². The summed E-state index contributed by atoms with van der Waals surface area (Å²) in [4.78, 5) is 24.6. The number of ether oxygens (including phenoxy) is 4. The van der Waals surface area contributed by atoms with E-state index in [4.69, 9.17) is 18.9 Å². The number of benzene rings is 3. The van der Waals surface area contributed by atoms with E-state index in [9.17, 15) is 14.7 Å². The van der Waals surface area contributed by atoms with Crippen molar-refractivity contribution < 1.29 is 33.6 Å². The Balaban J connectivity index is 1.40. The van der Waals surface area contributed by atoms with Crippen LogP contribution in [0.15, 0.2) is 71.8 Å². The number of nitrogens with zero attached hydrogens (tertiary/aromatic N) is 1. The van der Waals surface area contributed by atoms with Gasteiger partial charge in [-0.25, -0.2) is 10.2 Å². The molecule has 3 aromatic rings. The van der Waals surface area contributed by atoms with Gasteiger partial charge in [0.2, 0.25) is 6.79 Å². The lowest BCUT2D eigenvalue weighted by Crippen LogP contribution is -2.25. The Morgan fingerprint density at radius 2 is 1.82 bits per heavy atom. The van der Waals surface area contributed by atoms with Gasteiger partial charge in [0.25, 0.3) is 5.91 Å². The third-order valence-corrected chi connectivity index (χ3v) is 4.75. The fourth-order valence-electron chi connectivity index (χ4n) is 3.05. The van der Waals surface area contributed by atoms with Gasteiger partial charge in [-0.3, -0.25) is 4.79 Å². The van der Waals surface area contributed by atoms with E-state index in [-0.39, 0.29) is 12.5 Å². The van der Waals surface area contributed by atoms with Gasteiger partial charge in [-0.1, -0.05) is 30.3 Å². The van der Waals surface area contributed by atoms with Gasteiger partial charge in [0.05, 0.1) is 18.9 Å². The van der Waals surface area contributed by atoms with E-state index in [0.29, 0.717) is 33.9 Å².